The van der Waals surface area contributed by atoms with E-state index < -0.39 is 18.2 Å². The molecule has 0 aromatic heterocycles. The Hall–Kier alpha value is -1.66. The minimum Gasteiger partial charge on any atom is -0.458 e. The van der Waals surface area contributed by atoms with Gasteiger partial charge in [-0.15, -0.1) is 0 Å². The fourth-order valence-electron chi connectivity index (χ4n) is 6.98. The van der Waals surface area contributed by atoms with E-state index in [1.807, 2.05) is 12.2 Å². The molecular formula is C47H89NO5. The minimum absolute atomic E-state index is 0.0240. The molecule has 0 saturated carbocycles. The Bertz CT molecular complexity index is 843. The number of carbonyl (C=O) groups is 2. The lowest BCUT2D eigenvalue weighted by Gasteiger charge is -2.23. The van der Waals surface area contributed by atoms with E-state index in [4.69, 9.17) is 4.74 Å². The van der Waals surface area contributed by atoms with E-state index in [2.05, 4.69) is 38.2 Å². The Morgan fingerprint density at radius 3 is 1.47 bits per heavy atom. The molecule has 0 fully saturated rings. The third-order valence-electron chi connectivity index (χ3n) is 10.5. The maximum absolute atomic E-state index is 13.1. The number of aliphatic hydroxyl groups is 2. The molecule has 53 heavy (non-hydrogen) atoms. The largest absolute Gasteiger partial charge is 0.458 e. The van der Waals surface area contributed by atoms with E-state index in [-0.39, 0.29) is 24.9 Å². The van der Waals surface area contributed by atoms with Crippen LogP contribution >= 0.6 is 0 Å². The third-order valence-corrected chi connectivity index (χ3v) is 10.5. The molecule has 0 spiro atoms. The zero-order valence-corrected chi connectivity index (χ0v) is 35.4. The van der Waals surface area contributed by atoms with Crippen molar-refractivity contribution < 1.29 is 24.5 Å². The Morgan fingerprint density at radius 2 is 1.00 bits per heavy atom. The maximum atomic E-state index is 13.1. The molecule has 0 aliphatic rings. The summed E-state index contributed by atoms with van der Waals surface area (Å²) in [7, 11) is 0. The summed E-state index contributed by atoms with van der Waals surface area (Å²) in [6.07, 6.45) is 45.5. The van der Waals surface area contributed by atoms with Gasteiger partial charge in [-0.05, 0) is 38.2 Å². The summed E-state index contributed by atoms with van der Waals surface area (Å²) < 4.78 is 5.79. The molecule has 3 unspecified atom stereocenters. The Balaban J connectivity index is 4.64. The molecule has 0 rings (SSSR count). The van der Waals surface area contributed by atoms with Crippen LogP contribution in [-0.2, 0) is 14.3 Å². The number of amides is 1. The molecule has 0 saturated heterocycles. The second-order valence-electron chi connectivity index (χ2n) is 15.8. The van der Waals surface area contributed by atoms with Crippen molar-refractivity contribution in [3.8, 4) is 0 Å². The maximum Gasteiger partial charge on any atom is 0.306 e. The Kier molecular flexibility index (Phi) is 40.2. The van der Waals surface area contributed by atoms with Crippen LogP contribution in [0.4, 0.5) is 0 Å². The van der Waals surface area contributed by atoms with Crippen molar-refractivity contribution in [2.24, 2.45) is 0 Å². The monoisotopic (exact) mass is 748 g/mol. The molecule has 6 heteroatoms. The summed E-state index contributed by atoms with van der Waals surface area (Å²) in [5, 5.41) is 23.6. The molecular weight excluding hydrogens is 659 g/mol. The smallest absolute Gasteiger partial charge is 0.306 e. The number of carbonyl (C=O) groups excluding carboxylic acids is 2. The fourth-order valence-corrected chi connectivity index (χ4v) is 6.98. The molecule has 0 aliphatic carbocycles. The van der Waals surface area contributed by atoms with E-state index in [0.717, 1.165) is 51.4 Å². The third kappa shape index (κ3) is 37.1. The molecule has 0 aliphatic heterocycles. The van der Waals surface area contributed by atoms with Gasteiger partial charge in [0.1, 0.15) is 6.10 Å². The highest BCUT2D eigenvalue weighted by atomic mass is 16.5. The van der Waals surface area contributed by atoms with Crippen LogP contribution in [0.3, 0.4) is 0 Å². The van der Waals surface area contributed by atoms with Crippen molar-refractivity contribution in [3.05, 3.63) is 24.3 Å². The van der Waals surface area contributed by atoms with Crippen molar-refractivity contribution in [2.45, 2.75) is 257 Å². The second kappa shape index (κ2) is 41.5. The summed E-state index contributed by atoms with van der Waals surface area (Å²) in [6, 6.07) is -0.725. The molecule has 3 atom stereocenters. The van der Waals surface area contributed by atoms with Crippen LogP contribution in [0.25, 0.3) is 0 Å². The van der Waals surface area contributed by atoms with Crippen LogP contribution in [-0.4, -0.2) is 46.9 Å². The first-order chi connectivity index (χ1) is 26.0. The fraction of sp³-hybridized carbons (Fsp3) is 0.872. The molecule has 0 aromatic rings. The van der Waals surface area contributed by atoms with Crippen LogP contribution < -0.4 is 5.32 Å². The number of hydrogen-bond donors (Lipinski definition) is 3. The highest BCUT2D eigenvalue weighted by molar-refractivity contribution is 5.78. The van der Waals surface area contributed by atoms with Gasteiger partial charge in [-0.3, -0.25) is 9.59 Å². The van der Waals surface area contributed by atoms with Crippen LogP contribution in [0.1, 0.15) is 239 Å². The van der Waals surface area contributed by atoms with Crippen molar-refractivity contribution in [1.82, 2.24) is 5.32 Å². The van der Waals surface area contributed by atoms with Crippen molar-refractivity contribution in [1.29, 1.82) is 0 Å². The number of hydrogen-bond acceptors (Lipinski definition) is 5. The predicted octanol–water partition coefficient (Wildman–Crippen LogP) is 13.2. The van der Waals surface area contributed by atoms with Gasteiger partial charge in [-0.25, -0.2) is 0 Å². The standard InChI is InChI=1S/C47H89NO5/c1-4-7-10-13-16-19-22-25-27-30-33-36-39-45(50)44(42-49)48-46(51)41-43(38-35-32-29-26-23-20-17-14-11-8-5-2)53-47(52)40-37-34-31-28-24-21-18-15-12-9-6-3/h26,29,35,38,43-45,49-50H,4-25,27-28,30-34,36-37,39-42H2,1-3H3,(H,48,51)/b29-26-,38-35+. The van der Waals surface area contributed by atoms with Crippen LogP contribution in [0, 0.1) is 0 Å². The molecule has 6 nitrogen and oxygen atoms in total. The van der Waals surface area contributed by atoms with Crippen LogP contribution in [0.5, 0.6) is 0 Å². The quantitative estimate of drug-likeness (QED) is 0.0329. The lowest BCUT2D eigenvalue weighted by atomic mass is 10.0. The average Bonchev–Trinajstić information content (AvgIpc) is 3.15. The molecule has 0 aromatic carbocycles. The van der Waals surface area contributed by atoms with Crippen molar-refractivity contribution in [2.75, 3.05) is 6.61 Å². The van der Waals surface area contributed by atoms with E-state index in [0.29, 0.717) is 12.8 Å². The summed E-state index contributed by atoms with van der Waals surface area (Å²) in [4.78, 5) is 25.9. The van der Waals surface area contributed by atoms with Gasteiger partial charge in [0.05, 0.1) is 25.2 Å². The second-order valence-corrected chi connectivity index (χ2v) is 15.8. The van der Waals surface area contributed by atoms with E-state index in [1.165, 1.54) is 148 Å². The van der Waals surface area contributed by atoms with Gasteiger partial charge in [0.2, 0.25) is 5.91 Å². The summed E-state index contributed by atoms with van der Waals surface area (Å²) in [5.41, 5.74) is 0. The molecule has 312 valence electrons. The van der Waals surface area contributed by atoms with Gasteiger partial charge in [0.15, 0.2) is 0 Å². The normalized spacial score (nSPS) is 13.5. The zero-order chi connectivity index (χ0) is 38.9. The van der Waals surface area contributed by atoms with Crippen molar-refractivity contribution >= 4 is 11.9 Å². The number of esters is 1. The van der Waals surface area contributed by atoms with E-state index >= 15 is 0 Å². The van der Waals surface area contributed by atoms with E-state index in [9.17, 15) is 19.8 Å². The molecule has 0 bridgehead atoms. The minimum atomic E-state index is -0.804. The first kappa shape index (κ1) is 51.3. The number of aliphatic hydroxyl groups excluding tert-OH is 2. The lowest BCUT2D eigenvalue weighted by molar-refractivity contribution is -0.148. The molecule has 0 radical (unpaired) electrons. The molecule has 1 amide bonds. The Labute approximate surface area is 329 Å². The average molecular weight is 748 g/mol. The van der Waals surface area contributed by atoms with Gasteiger partial charge < -0.3 is 20.3 Å². The van der Waals surface area contributed by atoms with Crippen molar-refractivity contribution in [3.63, 3.8) is 0 Å². The van der Waals surface area contributed by atoms with Gasteiger partial charge >= 0.3 is 5.97 Å². The molecule has 0 heterocycles. The number of ether oxygens (including phenoxy) is 1. The topological polar surface area (TPSA) is 95.9 Å². The molecule has 3 N–H and O–H groups in total. The summed E-state index contributed by atoms with van der Waals surface area (Å²) in [5.74, 6) is -0.596. The van der Waals surface area contributed by atoms with Crippen LogP contribution in [0.2, 0.25) is 0 Å². The first-order valence-electron chi connectivity index (χ1n) is 23.1. The van der Waals surface area contributed by atoms with Gasteiger partial charge in [0, 0.05) is 6.42 Å². The van der Waals surface area contributed by atoms with Gasteiger partial charge in [-0.2, -0.15) is 0 Å². The SMILES string of the molecule is CCCCCCCC/C=C\C/C=C/C(CC(=O)NC(CO)C(O)CCCCCCCCCCCCCC)OC(=O)CCCCCCCCCCCCC. The van der Waals surface area contributed by atoms with E-state index in [1.54, 1.807) is 0 Å². The van der Waals surface area contributed by atoms with Crippen LogP contribution in [0.15, 0.2) is 24.3 Å². The number of rotatable bonds is 41. The zero-order valence-electron chi connectivity index (χ0n) is 35.4. The summed E-state index contributed by atoms with van der Waals surface area (Å²) in [6.45, 7) is 6.42. The first-order valence-corrected chi connectivity index (χ1v) is 23.1. The van der Waals surface area contributed by atoms with Gasteiger partial charge in [-0.1, -0.05) is 212 Å². The lowest BCUT2D eigenvalue weighted by Crippen LogP contribution is -2.46. The predicted molar refractivity (Wildman–Crippen MR) is 227 cm³/mol. The number of allylic oxidation sites excluding steroid dienone is 3. The Morgan fingerprint density at radius 1 is 0.566 bits per heavy atom. The van der Waals surface area contributed by atoms with Gasteiger partial charge in [0.25, 0.3) is 0 Å². The summed E-state index contributed by atoms with van der Waals surface area (Å²) >= 11 is 0. The highest BCUT2D eigenvalue weighted by Crippen LogP contribution is 2.16. The number of nitrogens with one attached hydrogen (secondary N) is 1. The highest BCUT2D eigenvalue weighted by Gasteiger charge is 2.23. The number of unbranched alkanes of at least 4 members (excludes halogenated alkanes) is 27.